The maximum Gasteiger partial charge on any atom is 0.164 e. The summed E-state index contributed by atoms with van der Waals surface area (Å²) < 4.78 is 0. The molecule has 2 heterocycles. The summed E-state index contributed by atoms with van der Waals surface area (Å²) in [4.78, 5) is 20.0. The molecule has 0 saturated carbocycles. The highest BCUT2D eigenvalue weighted by Gasteiger charge is 2.15. The van der Waals surface area contributed by atoms with Crippen molar-refractivity contribution in [2.75, 3.05) is 0 Å². The molecule has 4 nitrogen and oxygen atoms in total. The Morgan fingerprint density at radius 3 is 1.20 bits per heavy atom. The van der Waals surface area contributed by atoms with Crippen molar-refractivity contribution in [1.82, 2.24) is 19.9 Å². The fraction of sp³-hybridized carbons (Fsp3) is 0. The van der Waals surface area contributed by atoms with Crippen LogP contribution in [0.3, 0.4) is 0 Å². The highest BCUT2D eigenvalue weighted by atomic mass is 15.0. The molecule has 4 heteroatoms. The SMILES string of the molecule is c1ccc(-c2ccc(-c3nc(-c4ccccc4)nc(-c4ccc(-c5ccc(-c6cc(-c7ccccc7)nc7ccc8ccccc8c67)cc5)cc4)n3)cc2)cc1. The topological polar surface area (TPSA) is 51.6 Å². The quantitative estimate of drug-likeness (QED) is 0.154. The molecule has 0 spiro atoms. The maximum atomic E-state index is 5.13. The van der Waals surface area contributed by atoms with Crippen LogP contribution in [0.4, 0.5) is 0 Å². The second kappa shape index (κ2) is 14.3. The lowest BCUT2D eigenvalue weighted by Gasteiger charge is -2.14. The lowest BCUT2D eigenvalue weighted by Crippen LogP contribution is -2.00. The van der Waals surface area contributed by atoms with Gasteiger partial charge in [0.2, 0.25) is 0 Å². The number of fused-ring (bicyclic) bond motifs is 3. The van der Waals surface area contributed by atoms with E-state index in [4.69, 9.17) is 19.9 Å². The van der Waals surface area contributed by atoms with Gasteiger partial charge in [-0.2, -0.15) is 0 Å². The van der Waals surface area contributed by atoms with Gasteiger partial charge in [-0.3, -0.25) is 0 Å². The lowest BCUT2D eigenvalue weighted by molar-refractivity contribution is 1.07. The van der Waals surface area contributed by atoms with Crippen molar-refractivity contribution in [3.8, 4) is 78.8 Å². The zero-order valence-corrected chi connectivity index (χ0v) is 30.4. The summed E-state index contributed by atoms with van der Waals surface area (Å²) in [5.74, 6) is 1.91. The molecular formula is C52H34N4. The van der Waals surface area contributed by atoms with Crippen LogP contribution >= 0.6 is 0 Å². The lowest BCUT2D eigenvalue weighted by atomic mass is 9.93. The van der Waals surface area contributed by atoms with Gasteiger partial charge in [0.25, 0.3) is 0 Å². The van der Waals surface area contributed by atoms with Crippen LogP contribution in [0.15, 0.2) is 206 Å². The van der Waals surface area contributed by atoms with Crippen molar-refractivity contribution >= 4 is 21.7 Å². The van der Waals surface area contributed by atoms with E-state index in [1.807, 2.05) is 42.5 Å². The fourth-order valence-corrected chi connectivity index (χ4v) is 7.44. The number of pyridine rings is 1. The van der Waals surface area contributed by atoms with Crippen LogP contribution in [-0.4, -0.2) is 19.9 Å². The minimum absolute atomic E-state index is 0.633. The van der Waals surface area contributed by atoms with Gasteiger partial charge in [0.05, 0.1) is 11.2 Å². The van der Waals surface area contributed by atoms with Crippen molar-refractivity contribution in [2.45, 2.75) is 0 Å². The number of aromatic nitrogens is 4. The Bertz CT molecular complexity index is 2960. The molecule has 10 aromatic rings. The van der Waals surface area contributed by atoms with Crippen LogP contribution < -0.4 is 0 Å². The van der Waals surface area contributed by atoms with Crippen molar-refractivity contribution in [3.05, 3.63) is 206 Å². The second-order valence-electron chi connectivity index (χ2n) is 13.9. The molecule has 0 N–H and O–H groups in total. The minimum atomic E-state index is 0.633. The van der Waals surface area contributed by atoms with Gasteiger partial charge in [-0.05, 0) is 56.3 Å². The zero-order valence-electron chi connectivity index (χ0n) is 30.4. The molecule has 0 atom stereocenters. The monoisotopic (exact) mass is 714 g/mol. The van der Waals surface area contributed by atoms with Crippen LogP contribution in [0.1, 0.15) is 0 Å². The highest BCUT2D eigenvalue weighted by Crippen LogP contribution is 2.38. The molecule has 0 fully saturated rings. The Morgan fingerprint density at radius 1 is 0.268 bits per heavy atom. The molecule has 0 aliphatic heterocycles. The molecule has 0 amide bonds. The Hall–Kier alpha value is -7.56. The zero-order chi connectivity index (χ0) is 37.3. The van der Waals surface area contributed by atoms with Gasteiger partial charge in [-0.15, -0.1) is 0 Å². The van der Waals surface area contributed by atoms with Gasteiger partial charge >= 0.3 is 0 Å². The third-order valence-corrected chi connectivity index (χ3v) is 10.4. The first kappa shape index (κ1) is 33.0. The number of rotatable bonds is 7. The maximum absolute atomic E-state index is 5.13. The van der Waals surface area contributed by atoms with E-state index >= 15 is 0 Å². The summed E-state index contributed by atoms with van der Waals surface area (Å²) in [7, 11) is 0. The highest BCUT2D eigenvalue weighted by molar-refractivity contribution is 6.13. The van der Waals surface area contributed by atoms with E-state index in [1.54, 1.807) is 0 Å². The molecule has 10 rings (SSSR count). The van der Waals surface area contributed by atoms with Gasteiger partial charge < -0.3 is 0 Å². The van der Waals surface area contributed by atoms with Crippen LogP contribution in [0.5, 0.6) is 0 Å². The standard InChI is InChI=1S/C52H34N4/c1-4-12-35(13-5-1)36-22-28-43(29-23-36)51-54-50(42-17-8-3-9-18-42)55-52(56-51)44-30-24-38(25-31-44)37-20-26-40(27-21-37)46-34-48(41-15-6-2-7-16-41)53-47-33-32-39-14-10-11-19-45(39)49(46)47/h1-34H. The average Bonchev–Trinajstić information content (AvgIpc) is 3.29. The normalized spacial score (nSPS) is 11.2. The molecule has 0 bridgehead atoms. The second-order valence-corrected chi connectivity index (χ2v) is 13.9. The predicted octanol–water partition coefficient (Wildman–Crippen LogP) is 13.2. The van der Waals surface area contributed by atoms with E-state index < -0.39 is 0 Å². The van der Waals surface area contributed by atoms with Gasteiger partial charge in [-0.1, -0.05) is 194 Å². The van der Waals surface area contributed by atoms with Crippen molar-refractivity contribution in [3.63, 3.8) is 0 Å². The summed E-state index contributed by atoms with van der Waals surface area (Å²) in [5, 5.41) is 3.57. The number of hydrogen-bond donors (Lipinski definition) is 0. The van der Waals surface area contributed by atoms with Crippen molar-refractivity contribution in [2.24, 2.45) is 0 Å². The molecule has 2 aromatic heterocycles. The van der Waals surface area contributed by atoms with Crippen LogP contribution in [0, 0.1) is 0 Å². The van der Waals surface area contributed by atoms with Crippen LogP contribution in [0.2, 0.25) is 0 Å². The molecule has 262 valence electrons. The van der Waals surface area contributed by atoms with Crippen molar-refractivity contribution < 1.29 is 0 Å². The third kappa shape index (κ3) is 6.40. The van der Waals surface area contributed by atoms with Gasteiger partial charge in [0.15, 0.2) is 17.5 Å². The first-order valence-corrected chi connectivity index (χ1v) is 18.8. The van der Waals surface area contributed by atoms with E-state index in [9.17, 15) is 0 Å². The van der Waals surface area contributed by atoms with Crippen molar-refractivity contribution in [1.29, 1.82) is 0 Å². The number of nitrogens with zero attached hydrogens (tertiary/aromatic N) is 4. The van der Waals surface area contributed by atoms with Gasteiger partial charge in [-0.25, -0.2) is 19.9 Å². The summed E-state index contributed by atoms with van der Waals surface area (Å²) in [6.07, 6.45) is 0. The minimum Gasteiger partial charge on any atom is -0.248 e. The van der Waals surface area contributed by atoms with E-state index in [-0.39, 0.29) is 0 Å². The number of benzene rings is 8. The summed E-state index contributed by atoms with van der Waals surface area (Å²) >= 11 is 0. The largest absolute Gasteiger partial charge is 0.248 e. The summed E-state index contributed by atoms with van der Waals surface area (Å²) in [6, 6.07) is 71.8. The number of hydrogen-bond acceptors (Lipinski definition) is 4. The van der Waals surface area contributed by atoms with E-state index in [2.05, 4.69) is 164 Å². The summed E-state index contributed by atoms with van der Waals surface area (Å²) in [6.45, 7) is 0. The molecular weight excluding hydrogens is 681 g/mol. The first-order valence-electron chi connectivity index (χ1n) is 18.8. The molecule has 0 saturated heterocycles. The van der Waals surface area contributed by atoms with E-state index in [0.29, 0.717) is 17.5 Å². The Labute approximate surface area is 325 Å². The predicted molar refractivity (Wildman–Crippen MR) is 231 cm³/mol. The molecule has 0 unspecified atom stereocenters. The molecule has 0 radical (unpaired) electrons. The smallest absolute Gasteiger partial charge is 0.164 e. The first-order chi connectivity index (χ1) is 27.7. The van der Waals surface area contributed by atoms with Gasteiger partial charge in [0.1, 0.15) is 0 Å². The average molecular weight is 715 g/mol. The summed E-state index contributed by atoms with van der Waals surface area (Å²) in [5.41, 5.74) is 12.7. The Kier molecular flexibility index (Phi) is 8.47. The van der Waals surface area contributed by atoms with E-state index in [0.717, 1.165) is 55.7 Å². The van der Waals surface area contributed by atoms with Crippen LogP contribution in [-0.2, 0) is 0 Å². The molecule has 8 aromatic carbocycles. The molecule has 0 aliphatic rings. The Balaban J connectivity index is 0.996. The molecule has 0 aliphatic carbocycles. The van der Waals surface area contributed by atoms with Crippen LogP contribution in [0.25, 0.3) is 100 Å². The fourth-order valence-electron chi connectivity index (χ4n) is 7.44. The van der Waals surface area contributed by atoms with E-state index in [1.165, 1.54) is 27.3 Å². The van der Waals surface area contributed by atoms with Gasteiger partial charge in [0, 0.05) is 27.6 Å². The third-order valence-electron chi connectivity index (χ3n) is 10.4. The Morgan fingerprint density at radius 2 is 0.661 bits per heavy atom. The molecule has 56 heavy (non-hydrogen) atoms.